The zero-order chi connectivity index (χ0) is 73.7. The van der Waals surface area contributed by atoms with Crippen LogP contribution in [0, 0.1) is 0 Å². The molecule has 0 aliphatic heterocycles. The average molecular weight is 1430 g/mol. The summed E-state index contributed by atoms with van der Waals surface area (Å²) in [5.41, 5.74) is 62.4. The summed E-state index contributed by atoms with van der Waals surface area (Å²) in [6, 6.07) is 94.1. The van der Waals surface area contributed by atoms with Gasteiger partial charge in [-0.2, -0.15) is 0 Å². The maximum absolute atomic E-state index is 2.39. The quantitative estimate of drug-likeness (QED) is 0.142. The standard InChI is InChI=1S/2C16H12.C16H14.4C16H12/c2*1-2-7-15-13(4-1)9-14-8-11-5-3-6-12(11)10-16(14)15;3*1-2-6-15-12(4-1)10-13-9-8-11-5-3-7-14(11)16(13)15;2*1-2-6-14-12(4-1)10-16-13-7-3-5-11(13)8-9-15(14)16/h1-4,6-8,10H,5,9H2;1-5,7-8,10H,6,9H2;1-2,4,6,8-9H,3,5,7,10H2;1-4,6-9H,5,10H2;1-6,8-9H,7,10H2;1-4,6-9H,5,10H2;1-6,8-9H,7,10H2. The van der Waals surface area contributed by atoms with Gasteiger partial charge in [-0.05, 0) is 349 Å². The van der Waals surface area contributed by atoms with Crippen LogP contribution >= 0.6 is 0 Å². The highest BCUT2D eigenvalue weighted by molar-refractivity contribution is 5.90. The average Bonchev–Trinajstić information content (AvgIpc) is 1.63. The van der Waals surface area contributed by atoms with Crippen LogP contribution in [-0.2, 0) is 96.3 Å². The molecule has 0 amide bonds. The molecule has 14 aliphatic rings. The Morgan fingerprint density at radius 2 is 0.527 bits per heavy atom. The van der Waals surface area contributed by atoms with Crippen LogP contribution < -0.4 is 0 Å². The first-order valence-electron chi connectivity index (χ1n) is 41.1. The molecule has 0 nitrogen and oxygen atoms in total. The fraction of sp³-hybridized carbons (Fsp3) is 0.143. The second kappa shape index (κ2) is 27.8. The van der Waals surface area contributed by atoms with Crippen molar-refractivity contribution in [2.24, 2.45) is 0 Å². The molecule has 0 spiro atoms. The van der Waals surface area contributed by atoms with Gasteiger partial charge in [0.25, 0.3) is 0 Å². The van der Waals surface area contributed by atoms with Crippen molar-refractivity contribution in [3.05, 3.63) is 447 Å². The van der Waals surface area contributed by atoms with Crippen LogP contribution in [0.25, 0.3) is 114 Å². The fourth-order valence-corrected chi connectivity index (χ4v) is 21.0. The molecule has 0 heterocycles. The maximum Gasteiger partial charge on any atom is -0.000740 e. The summed E-state index contributed by atoms with van der Waals surface area (Å²) < 4.78 is 0. The first kappa shape index (κ1) is 66.5. The highest BCUT2D eigenvalue weighted by atomic mass is 14.3. The highest BCUT2D eigenvalue weighted by Crippen LogP contribution is 2.49. The summed E-state index contributed by atoms with van der Waals surface area (Å²) in [6.07, 6.45) is 45.5. The van der Waals surface area contributed by atoms with Crippen molar-refractivity contribution in [1.82, 2.24) is 0 Å². The number of fused-ring (bicyclic) bond motifs is 33. The van der Waals surface area contributed by atoms with Gasteiger partial charge in [0.1, 0.15) is 0 Å². The zero-order valence-corrected chi connectivity index (χ0v) is 63.5. The van der Waals surface area contributed by atoms with Crippen LogP contribution in [0.3, 0.4) is 0 Å². The van der Waals surface area contributed by atoms with E-state index in [9.17, 15) is 0 Å². The summed E-state index contributed by atoms with van der Waals surface area (Å²) in [5.74, 6) is 0. The van der Waals surface area contributed by atoms with Crippen molar-refractivity contribution in [3.63, 3.8) is 0 Å². The highest BCUT2D eigenvalue weighted by Gasteiger charge is 2.30. The van der Waals surface area contributed by atoms with Gasteiger partial charge in [0.2, 0.25) is 0 Å². The molecule has 0 N–H and O–H groups in total. The Morgan fingerprint density at radius 1 is 0.161 bits per heavy atom. The Kier molecular flexibility index (Phi) is 16.5. The smallest absolute Gasteiger partial charge is 0.000740 e. The second-order valence-corrected chi connectivity index (χ2v) is 32.6. The first-order chi connectivity index (χ1) is 55.5. The monoisotopic (exact) mass is 1430 g/mol. The van der Waals surface area contributed by atoms with E-state index < -0.39 is 0 Å². The third-order valence-electron chi connectivity index (χ3n) is 26.4. The Bertz CT molecular complexity index is 6410. The summed E-state index contributed by atoms with van der Waals surface area (Å²) in [7, 11) is 0. The molecular formula is C112H86. The van der Waals surface area contributed by atoms with Crippen LogP contribution in [0.4, 0.5) is 0 Å². The van der Waals surface area contributed by atoms with Gasteiger partial charge < -0.3 is 0 Å². The molecule has 0 unspecified atom stereocenters. The van der Waals surface area contributed by atoms with Gasteiger partial charge in [-0.25, -0.2) is 0 Å². The summed E-state index contributed by atoms with van der Waals surface area (Å²) in [6.45, 7) is 0. The lowest BCUT2D eigenvalue weighted by Gasteiger charge is -2.08. The van der Waals surface area contributed by atoms with Crippen molar-refractivity contribution in [2.75, 3.05) is 0 Å². The van der Waals surface area contributed by atoms with Crippen molar-refractivity contribution in [2.45, 2.75) is 103 Å². The first-order valence-corrected chi connectivity index (χ1v) is 41.1. The van der Waals surface area contributed by atoms with E-state index in [1.807, 2.05) is 0 Å². The van der Waals surface area contributed by atoms with E-state index in [0.29, 0.717) is 0 Å². The number of hydrogen-bond acceptors (Lipinski definition) is 0. The number of benzene rings is 14. The van der Waals surface area contributed by atoms with E-state index in [-0.39, 0.29) is 0 Å². The van der Waals surface area contributed by atoms with Gasteiger partial charge in [0.15, 0.2) is 0 Å². The van der Waals surface area contributed by atoms with Gasteiger partial charge in [-0.1, -0.05) is 316 Å². The van der Waals surface area contributed by atoms with E-state index in [4.69, 9.17) is 0 Å². The molecule has 28 rings (SSSR count). The van der Waals surface area contributed by atoms with Gasteiger partial charge in [-0.3, -0.25) is 0 Å². The Balaban J connectivity index is 0.0000000801. The van der Waals surface area contributed by atoms with Crippen LogP contribution in [0.2, 0.25) is 0 Å². The van der Waals surface area contributed by atoms with Gasteiger partial charge >= 0.3 is 0 Å². The molecule has 14 aromatic rings. The molecule has 0 fully saturated rings. The van der Waals surface area contributed by atoms with Crippen LogP contribution in [-0.4, -0.2) is 0 Å². The van der Waals surface area contributed by atoms with E-state index in [0.717, 1.165) is 83.5 Å². The lowest BCUT2D eigenvalue weighted by Crippen LogP contribution is -1.91. The van der Waals surface area contributed by atoms with Crippen molar-refractivity contribution in [1.29, 1.82) is 0 Å². The van der Waals surface area contributed by atoms with Crippen molar-refractivity contribution >= 4 is 36.5 Å². The van der Waals surface area contributed by atoms with Crippen molar-refractivity contribution in [3.8, 4) is 77.9 Å². The van der Waals surface area contributed by atoms with E-state index in [2.05, 4.69) is 328 Å². The Labute approximate surface area is 659 Å². The number of hydrogen-bond donors (Lipinski definition) is 0. The molecule has 534 valence electrons. The molecular weight excluding hydrogens is 1350 g/mol. The molecule has 0 saturated heterocycles. The van der Waals surface area contributed by atoms with Crippen molar-refractivity contribution < 1.29 is 0 Å². The van der Waals surface area contributed by atoms with E-state index >= 15 is 0 Å². The zero-order valence-electron chi connectivity index (χ0n) is 63.5. The SMILES string of the molecule is C1=Cc2c(ccc3c2-c2ccccc2C3)C1.C1=Cc2c(ccc3c2Cc2ccccc2-3)C1.C1=Cc2cc3c(cc2C1)-c1ccccc1C3.C1=Cc2cc3c(cc2C1)Cc1ccccc1-3.C1=Cc2ccc3c(c2C1)-c1ccccc1C3.C1=Cc2ccc3c(c2C1)Cc1ccccc1-3.c1ccc2c(c1)Cc1ccc3c(c1-2)CCC3. The molecule has 112 heavy (non-hydrogen) atoms. The molecule has 14 aromatic carbocycles. The third kappa shape index (κ3) is 11.6. The number of rotatable bonds is 0. The maximum atomic E-state index is 2.39. The van der Waals surface area contributed by atoms with E-state index in [1.165, 1.54) is 220 Å². The molecule has 0 radical (unpaired) electrons. The summed E-state index contributed by atoms with van der Waals surface area (Å²) in [4.78, 5) is 0. The lowest BCUT2D eigenvalue weighted by molar-refractivity contribution is 0.912. The second-order valence-electron chi connectivity index (χ2n) is 32.6. The lowest BCUT2D eigenvalue weighted by atomic mass is 9.96. The molecule has 0 saturated carbocycles. The minimum absolute atomic E-state index is 1.10. The predicted molar refractivity (Wildman–Crippen MR) is 471 cm³/mol. The molecule has 0 bridgehead atoms. The Morgan fingerprint density at radius 3 is 1.15 bits per heavy atom. The van der Waals surface area contributed by atoms with Crippen LogP contribution in [0.1, 0.15) is 162 Å². The molecule has 0 aromatic heterocycles. The minimum atomic E-state index is 1.10. The topological polar surface area (TPSA) is 0 Å². The Hall–Kier alpha value is -12.5. The van der Waals surface area contributed by atoms with Crippen LogP contribution in [0.15, 0.2) is 291 Å². The predicted octanol–water partition coefficient (Wildman–Crippen LogP) is 26.7. The molecule has 0 heteroatoms. The van der Waals surface area contributed by atoms with Gasteiger partial charge in [-0.15, -0.1) is 0 Å². The van der Waals surface area contributed by atoms with E-state index in [1.54, 1.807) is 33.4 Å². The largest absolute Gasteiger partial charge is 0.0795 e. The number of allylic oxidation sites excluding steroid dienone is 6. The minimum Gasteiger partial charge on any atom is -0.0795 e. The molecule has 0 atom stereocenters. The molecule has 14 aliphatic carbocycles. The van der Waals surface area contributed by atoms with Crippen LogP contribution in [0.5, 0.6) is 0 Å². The third-order valence-corrected chi connectivity index (χ3v) is 26.4. The summed E-state index contributed by atoms with van der Waals surface area (Å²) in [5, 5.41) is 0. The van der Waals surface area contributed by atoms with Gasteiger partial charge in [0, 0.05) is 0 Å². The fourth-order valence-electron chi connectivity index (χ4n) is 21.0. The van der Waals surface area contributed by atoms with Gasteiger partial charge in [0.05, 0.1) is 0 Å². The summed E-state index contributed by atoms with van der Waals surface area (Å²) >= 11 is 0. The normalized spacial score (nSPS) is 14.9. The number of aryl methyl sites for hydroxylation is 1.